The summed E-state index contributed by atoms with van der Waals surface area (Å²) in [6, 6.07) is 1.39. The Morgan fingerprint density at radius 1 is 1.22 bits per heavy atom. The summed E-state index contributed by atoms with van der Waals surface area (Å²) in [5, 5.41) is 0. The Hall–Kier alpha value is -0.0800. The number of nitrogens with two attached hydrogens (primary N) is 1. The van der Waals surface area contributed by atoms with E-state index in [1.54, 1.807) is 0 Å². The third kappa shape index (κ3) is 4.55. The van der Waals surface area contributed by atoms with Gasteiger partial charge in [0.1, 0.15) is 0 Å². The molecular formula is C16H34N2. The molecule has 0 aromatic rings. The predicted octanol–water partition coefficient (Wildman–Crippen LogP) is 3.65. The zero-order valence-electron chi connectivity index (χ0n) is 13.0. The predicted molar refractivity (Wildman–Crippen MR) is 80.7 cm³/mol. The maximum Gasteiger partial charge on any atom is 0.0141 e. The van der Waals surface area contributed by atoms with Gasteiger partial charge in [0.15, 0.2) is 0 Å². The molecule has 3 atom stereocenters. The van der Waals surface area contributed by atoms with Crippen LogP contribution in [0, 0.1) is 11.8 Å². The molecule has 0 radical (unpaired) electrons. The first-order chi connectivity index (χ1) is 8.60. The fourth-order valence-electron chi connectivity index (χ4n) is 3.45. The van der Waals surface area contributed by atoms with Gasteiger partial charge in [0.05, 0.1) is 0 Å². The Morgan fingerprint density at radius 2 is 1.94 bits per heavy atom. The standard InChI is InChI=1S/C16H34N2/c1-5-6-7-10-18(13(2)3)16-11-14(4)8-9-15(16)12-17/h13-16H,5-12,17H2,1-4H3. The van der Waals surface area contributed by atoms with E-state index in [-0.39, 0.29) is 0 Å². The van der Waals surface area contributed by atoms with Crippen LogP contribution in [0.15, 0.2) is 0 Å². The molecule has 0 bridgehead atoms. The lowest BCUT2D eigenvalue weighted by Crippen LogP contribution is -2.49. The summed E-state index contributed by atoms with van der Waals surface area (Å²) >= 11 is 0. The summed E-state index contributed by atoms with van der Waals surface area (Å²) in [6.45, 7) is 11.5. The molecule has 2 heteroatoms. The first-order valence-electron chi connectivity index (χ1n) is 8.05. The van der Waals surface area contributed by atoms with Gasteiger partial charge in [0.25, 0.3) is 0 Å². The summed E-state index contributed by atoms with van der Waals surface area (Å²) in [5.41, 5.74) is 6.01. The lowest BCUT2D eigenvalue weighted by Gasteiger charge is -2.44. The van der Waals surface area contributed by atoms with Crippen LogP contribution in [-0.2, 0) is 0 Å². The fraction of sp³-hybridized carbons (Fsp3) is 1.00. The number of nitrogens with zero attached hydrogens (tertiary/aromatic N) is 1. The van der Waals surface area contributed by atoms with Crippen molar-refractivity contribution in [3.05, 3.63) is 0 Å². The van der Waals surface area contributed by atoms with Gasteiger partial charge in [0.2, 0.25) is 0 Å². The minimum absolute atomic E-state index is 0.659. The monoisotopic (exact) mass is 254 g/mol. The molecule has 18 heavy (non-hydrogen) atoms. The second kappa shape index (κ2) is 8.16. The van der Waals surface area contributed by atoms with E-state index in [4.69, 9.17) is 5.73 Å². The third-order valence-corrected chi connectivity index (χ3v) is 4.63. The van der Waals surface area contributed by atoms with Crippen LogP contribution in [0.1, 0.15) is 66.2 Å². The molecule has 0 heterocycles. The summed E-state index contributed by atoms with van der Waals surface area (Å²) in [4.78, 5) is 2.74. The number of hydrogen-bond donors (Lipinski definition) is 1. The van der Waals surface area contributed by atoms with Gasteiger partial charge in [-0.3, -0.25) is 4.90 Å². The van der Waals surface area contributed by atoms with Crippen molar-refractivity contribution < 1.29 is 0 Å². The van der Waals surface area contributed by atoms with E-state index in [9.17, 15) is 0 Å². The topological polar surface area (TPSA) is 29.3 Å². The smallest absolute Gasteiger partial charge is 0.0141 e. The van der Waals surface area contributed by atoms with Crippen LogP contribution in [0.5, 0.6) is 0 Å². The number of rotatable bonds is 7. The minimum atomic E-state index is 0.659. The van der Waals surface area contributed by atoms with Crippen molar-refractivity contribution in [2.75, 3.05) is 13.1 Å². The molecule has 0 saturated heterocycles. The minimum Gasteiger partial charge on any atom is -0.330 e. The van der Waals surface area contributed by atoms with Crippen LogP contribution < -0.4 is 5.73 Å². The summed E-state index contributed by atoms with van der Waals surface area (Å²) in [5.74, 6) is 1.61. The molecule has 1 aliphatic rings. The van der Waals surface area contributed by atoms with Crippen molar-refractivity contribution in [3.8, 4) is 0 Å². The Bertz CT molecular complexity index is 215. The van der Waals surface area contributed by atoms with Crippen LogP contribution in [0.4, 0.5) is 0 Å². The van der Waals surface area contributed by atoms with Crippen molar-refractivity contribution in [2.24, 2.45) is 17.6 Å². The average Bonchev–Trinajstić information content (AvgIpc) is 2.34. The van der Waals surface area contributed by atoms with Crippen molar-refractivity contribution in [3.63, 3.8) is 0 Å². The van der Waals surface area contributed by atoms with Crippen LogP contribution in [-0.4, -0.2) is 30.1 Å². The van der Waals surface area contributed by atoms with E-state index in [1.807, 2.05) is 0 Å². The third-order valence-electron chi connectivity index (χ3n) is 4.63. The molecular weight excluding hydrogens is 220 g/mol. The molecule has 0 spiro atoms. The van der Waals surface area contributed by atoms with Crippen molar-refractivity contribution >= 4 is 0 Å². The average molecular weight is 254 g/mol. The SMILES string of the molecule is CCCCCN(C(C)C)C1CC(C)CCC1CN. The Labute approximate surface area is 114 Å². The van der Waals surface area contributed by atoms with E-state index >= 15 is 0 Å². The van der Waals surface area contributed by atoms with Crippen LogP contribution in [0.2, 0.25) is 0 Å². The van der Waals surface area contributed by atoms with Crippen LogP contribution >= 0.6 is 0 Å². The summed E-state index contributed by atoms with van der Waals surface area (Å²) in [7, 11) is 0. The van der Waals surface area contributed by atoms with Gasteiger partial charge < -0.3 is 5.73 Å². The highest BCUT2D eigenvalue weighted by Crippen LogP contribution is 2.32. The summed E-state index contributed by atoms with van der Waals surface area (Å²) < 4.78 is 0. The van der Waals surface area contributed by atoms with Gasteiger partial charge in [-0.05, 0) is 58.0 Å². The van der Waals surface area contributed by atoms with Gasteiger partial charge in [-0.2, -0.15) is 0 Å². The van der Waals surface area contributed by atoms with Gasteiger partial charge in [-0.25, -0.2) is 0 Å². The molecule has 1 rings (SSSR count). The zero-order valence-corrected chi connectivity index (χ0v) is 13.0. The van der Waals surface area contributed by atoms with E-state index in [1.165, 1.54) is 45.1 Å². The lowest BCUT2D eigenvalue weighted by atomic mass is 9.78. The quantitative estimate of drug-likeness (QED) is 0.703. The molecule has 3 unspecified atom stereocenters. The van der Waals surface area contributed by atoms with Gasteiger partial charge in [0, 0.05) is 12.1 Å². The largest absolute Gasteiger partial charge is 0.330 e. The molecule has 108 valence electrons. The highest BCUT2D eigenvalue weighted by Gasteiger charge is 2.32. The highest BCUT2D eigenvalue weighted by atomic mass is 15.2. The Balaban J connectivity index is 2.62. The maximum absolute atomic E-state index is 6.01. The molecule has 2 nitrogen and oxygen atoms in total. The molecule has 2 N–H and O–H groups in total. The second-order valence-electron chi connectivity index (χ2n) is 6.52. The van der Waals surface area contributed by atoms with E-state index in [2.05, 4.69) is 32.6 Å². The molecule has 0 aromatic heterocycles. The maximum atomic E-state index is 6.01. The zero-order chi connectivity index (χ0) is 13.5. The first kappa shape index (κ1) is 16.0. The number of unbranched alkanes of at least 4 members (excludes halogenated alkanes) is 2. The van der Waals surface area contributed by atoms with Crippen LogP contribution in [0.3, 0.4) is 0 Å². The number of hydrogen-bond acceptors (Lipinski definition) is 2. The molecule has 1 saturated carbocycles. The Morgan fingerprint density at radius 3 is 2.50 bits per heavy atom. The fourth-order valence-corrected chi connectivity index (χ4v) is 3.45. The molecule has 1 fully saturated rings. The molecule has 1 aliphatic carbocycles. The van der Waals surface area contributed by atoms with Gasteiger partial charge in [-0.15, -0.1) is 0 Å². The molecule has 0 amide bonds. The normalized spacial score (nSPS) is 29.2. The van der Waals surface area contributed by atoms with Gasteiger partial charge >= 0.3 is 0 Å². The van der Waals surface area contributed by atoms with E-state index in [0.29, 0.717) is 6.04 Å². The second-order valence-corrected chi connectivity index (χ2v) is 6.52. The van der Waals surface area contributed by atoms with E-state index in [0.717, 1.165) is 24.4 Å². The van der Waals surface area contributed by atoms with Crippen molar-refractivity contribution in [1.29, 1.82) is 0 Å². The van der Waals surface area contributed by atoms with Crippen molar-refractivity contribution in [2.45, 2.75) is 78.3 Å². The first-order valence-corrected chi connectivity index (χ1v) is 8.05. The van der Waals surface area contributed by atoms with Crippen molar-refractivity contribution in [1.82, 2.24) is 4.90 Å². The summed E-state index contributed by atoms with van der Waals surface area (Å²) in [6.07, 6.45) is 8.08. The molecule has 0 aromatic carbocycles. The molecule has 0 aliphatic heterocycles. The lowest BCUT2D eigenvalue weighted by molar-refractivity contribution is 0.0595. The van der Waals surface area contributed by atoms with Crippen LogP contribution in [0.25, 0.3) is 0 Å². The highest BCUT2D eigenvalue weighted by molar-refractivity contribution is 4.87. The van der Waals surface area contributed by atoms with E-state index < -0.39 is 0 Å². The Kier molecular flexibility index (Phi) is 7.25. The van der Waals surface area contributed by atoms with Gasteiger partial charge in [-0.1, -0.05) is 33.1 Å².